The molecule has 8 nitrogen and oxygen atoms in total. The predicted octanol–water partition coefficient (Wildman–Crippen LogP) is 0.235. The average molecular weight is 378 g/mol. The van der Waals surface area contributed by atoms with E-state index in [9.17, 15) is 30.3 Å². The number of phenolic OH excluding ortho intramolecular Hbond substituents is 1. The number of aliphatic hydroxyl groups is 4. The first-order valence-electron chi connectivity index (χ1n) is 8.49. The Hall–Kier alpha value is -2.23. The van der Waals surface area contributed by atoms with E-state index < -0.39 is 37.3 Å². The maximum atomic E-state index is 11.9. The van der Waals surface area contributed by atoms with Crippen molar-refractivity contribution in [2.45, 2.75) is 44.6 Å². The van der Waals surface area contributed by atoms with Gasteiger partial charge in [0.25, 0.3) is 0 Å². The molecule has 0 aliphatic carbocycles. The van der Waals surface area contributed by atoms with Gasteiger partial charge in [0.1, 0.15) is 35.9 Å². The molecule has 0 radical (unpaired) electrons. The number of hydrogen-bond acceptors (Lipinski definition) is 8. The molecule has 146 valence electrons. The highest BCUT2D eigenvalue weighted by Crippen LogP contribution is 2.39. The molecule has 1 fully saturated rings. The zero-order valence-corrected chi connectivity index (χ0v) is 14.9. The molecular formula is C19H22O8. The highest BCUT2D eigenvalue weighted by atomic mass is 16.7. The number of aliphatic hydroxyl groups excluding tert-OH is 4. The molecule has 5 atom stereocenters. The van der Waals surface area contributed by atoms with Crippen molar-refractivity contribution >= 4 is 16.6 Å². The van der Waals surface area contributed by atoms with E-state index in [-0.39, 0.29) is 28.2 Å². The monoisotopic (exact) mass is 378 g/mol. The number of carbonyl (C=O) groups excluding carboxylic acids is 1. The maximum Gasteiger partial charge on any atom is 0.229 e. The van der Waals surface area contributed by atoms with Crippen molar-refractivity contribution in [3.8, 4) is 11.5 Å². The lowest BCUT2D eigenvalue weighted by Crippen LogP contribution is -2.60. The second-order valence-electron chi connectivity index (χ2n) is 6.64. The van der Waals surface area contributed by atoms with Crippen LogP contribution in [0.15, 0.2) is 24.3 Å². The normalized spacial score (nSPS) is 28.3. The number of phenols is 1. The molecule has 3 rings (SSSR count). The van der Waals surface area contributed by atoms with Crippen molar-refractivity contribution in [3.63, 3.8) is 0 Å². The van der Waals surface area contributed by atoms with Crippen molar-refractivity contribution in [3.05, 3.63) is 35.4 Å². The fourth-order valence-electron chi connectivity index (χ4n) is 3.37. The summed E-state index contributed by atoms with van der Waals surface area (Å²) in [5, 5.41) is 50.7. The van der Waals surface area contributed by atoms with Crippen LogP contribution in [0.1, 0.15) is 22.8 Å². The largest absolute Gasteiger partial charge is 0.506 e. The molecule has 8 heteroatoms. The molecule has 27 heavy (non-hydrogen) atoms. The van der Waals surface area contributed by atoms with Crippen LogP contribution < -0.4 is 4.74 Å². The smallest absolute Gasteiger partial charge is 0.229 e. The Labute approximate surface area is 155 Å². The standard InChI is InChI=1S/C19H22O8/c1-8-6-10-4-3-5-11(14(10)16(23)13(8)9(2)21)26-19-18(25)17(24)15(22)12(7-20)27-19/h3-6,12,15,17-20,22-25H,7H2,1-2H3/t12-,15+,17+,18-,19-/m0/s1. The number of hydrogen-bond donors (Lipinski definition) is 5. The van der Waals surface area contributed by atoms with E-state index in [1.165, 1.54) is 13.0 Å². The van der Waals surface area contributed by atoms with Crippen LogP contribution in [0.2, 0.25) is 0 Å². The highest BCUT2D eigenvalue weighted by Gasteiger charge is 2.44. The third kappa shape index (κ3) is 3.38. The van der Waals surface area contributed by atoms with Gasteiger partial charge in [-0.2, -0.15) is 0 Å². The van der Waals surface area contributed by atoms with E-state index in [4.69, 9.17) is 9.47 Å². The summed E-state index contributed by atoms with van der Waals surface area (Å²) >= 11 is 0. The lowest BCUT2D eigenvalue weighted by atomic mass is 9.97. The Morgan fingerprint density at radius 1 is 1.19 bits per heavy atom. The Morgan fingerprint density at radius 2 is 1.89 bits per heavy atom. The number of Topliss-reactive ketones (excluding diaryl/α,β-unsaturated/α-hetero) is 1. The van der Waals surface area contributed by atoms with E-state index >= 15 is 0 Å². The number of fused-ring (bicyclic) bond motifs is 1. The number of ether oxygens (including phenoxy) is 2. The van der Waals surface area contributed by atoms with Gasteiger partial charge in [-0.25, -0.2) is 0 Å². The molecular weight excluding hydrogens is 356 g/mol. The Balaban J connectivity index is 2.04. The van der Waals surface area contributed by atoms with Gasteiger partial charge in [0, 0.05) is 0 Å². The van der Waals surface area contributed by atoms with Crippen molar-refractivity contribution < 1.29 is 39.8 Å². The quantitative estimate of drug-likeness (QED) is 0.477. The van der Waals surface area contributed by atoms with Gasteiger partial charge in [-0.1, -0.05) is 18.2 Å². The SMILES string of the molecule is CC(=O)c1c(C)cc2cccc(O[C@H]3O[C@@H](CO)[C@@H](O)[C@@H](O)[C@@H]3O)c2c1O. The van der Waals surface area contributed by atoms with E-state index in [2.05, 4.69) is 0 Å². The van der Waals surface area contributed by atoms with E-state index in [0.717, 1.165) is 0 Å². The summed E-state index contributed by atoms with van der Waals surface area (Å²) in [7, 11) is 0. The summed E-state index contributed by atoms with van der Waals surface area (Å²) in [5.41, 5.74) is 0.768. The highest BCUT2D eigenvalue weighted by molar-refractivity contribution is 6.06. The fourth-order valence-corrected chi connectivity index (χ4v) is 3.37. The molecule has 1 saturated heterocycles. The van der Waals surface area contributed by atoms with Crippen LogP contribution in [-0.2, 0) is 4.74 Å². The minimum atomic E-state index is -1.59. The van der Waals surface area contributed by atoms with Gasteiger partial charge in [0.15, 0.2) is 5.78 Å². The zero-order valence-electron chi connectivity index (χ0n) is 14.9. The van der Waals surface area contributed by atoms with Gasteiger partial charge in [-0.3, -0.25) is 4.79 Å². The summed E-state index contributed by atoms with van der Waals surface area (Å²) in [6, 6.07) is 6.63. The van der Waals surface area contributed by atoms with Gasteiger partial charge in [0.2, 0.25) is 6.29 Å². The first-order chi connectivity index (χ1) is 12.8. The van der Waals surface area contributed by atoms with E-state index in [1.54, 1.807) is 25.1 Å². The van der Waals surface area contributed by atoms with Crippen LogP contribution >= 0.6 is 0 Å². The molecule has 1 heterocycles. The van der Waals surface area contributed by atoms with Crippen molar-refractivity contribution in [2.24, 2.45) is 0 Å². The van der Waals surface area contributed by atoms with Crippen LogP contribution in [0.3, 0.4) is 0 Å². The van der Waals surface area contributed by atoms with Crippen molar-refractivity contribution in [2.75, 3.05) is 6.61 Å². The van der Waals surface area contributed by atoms with Gasteiger partial charge in [-0.15, -0.1) is 0 Å². The number of ketones is 1. The van der Waals surface area contributed by atoms with Crippen LogP contribution in [-0.4, -0.2) is 68.6 Å². The molecule has 0 unspecified atom stereocenters. The molecule has 0 spiro atoms. The topological polar surface area (TPSA) is 137 Å². The van der Waals surface area contributed by atoms with Crippen molar-refractivity contribution in [1.29, 1.82) is 0 Å². The number of carbonyl (C=O) groups is 1. The lowest BCUT2D eigenvalue weighted by Gasteiger charge is -2.39. The Morgan fingerprint density at radius 3 is 2.52 bits per heavy atom. The first-order valence-corrected chi connectivity index (χ1v) is 8.49. The van der Waals surface area contributed by atoms with E-state index in [0.29, 0.717) is 10.9 Å². The lowest BCUT2D eigenvalue weighted by molar-refractivity contribution is -0.277. The molecule has 0 saturated carbocycles. The number of aromatic hydroxyl groups is 1. The minimum absolute atomic E-state index is 0.122. The molecule has 0 bridgehead atoms. The first kappa shape index (κ1) is 19.5. The molecule has 2 aromatic carbocycles. The summed E-state index contributed by atoms with van der Waals surface area (Å²) < 4.78 is 11.0. The van der Waals surface area contributed by atoms with Crippen LogP contribution in [0.4, 0.5) is 0 Å². The summed E-state index contributed by atoms with van der Waals surface area (Å²) in [5.74, 6) is -0.441. The number of benzene rings is 2. The third-order valence-corrected chi connectivity index (χ3v) is 4.74. The van der Waals surface area contributed by atoms with Crippen molar-refractivity contribution in [1.82, 2.24) is 0 Å². The molecule has 0 amide bonds. The molecule has 2 aromatic rings. The summed E-state index contributed by atoms with van der Waals surface area (Å²) in [6.45, 7) is 2.47. The molecule has 1 aliphatic rings. The Bertz CT molecular complexity index is 862. The molecule has 1 aliphatic heterocycles. The zero-order chi connectivity index (χ0) is 19.9. The summed E-state index contributed by atoms with van der Waals surface area (Å²) in [6.07, 6.45) is -7.19. The number of rotatable bonds is 4. The van der Waals surface area contributed by atoms with Crippen LogP contribution in [0.5, 0.6) is 11.5 Å². The molecule has 5 N–H and O–H groups in total. The Kier molecular flexibility index (Phi) is 5.36. The van der Waals surface area contributed by atoms with Gasteiger partial charge >= 0.3 is 0 Å². The maximum absolute atomic E-state index is 11.9. The second-order valence-corrected chi connectivity index (χ2v) is 6.64. The fraction of sp³-hybridized carbons (Fsp3) is 0.421. The van der Waals surface area contributed by atoms with Gasteiger partial charge in [0.05, 0.1) is 17.6 Å². The van der Waals surface area contributed by atoms with E-state index in [1.807, 2.05) is 0 Å². The third-order valence-electron chi connectivity index (χ3n) is 4.74. The predicted molar refractivity (Wildman–Crippen MR) is 94.7 cm³/mol. The van der Waals surface area contributed by atoms with Gasteiger partial charge in [-0.05, 0) is 30.9 Å². The minimum Gasteiger partial charge on any atom is -0.506 e. The van der Waals surface area contributed by atoms with Gasteiger partial charge < -0.3 is 35.0 Å². The second kappa shape index (κ2) is 7.41. The number of aryl methyl sites for hydroxylation is 1. The molecule has 0 aromatic heterocycles. The average Bonchev–Trinajstić information content (AvgIpc) is 2.61. The summed E-state index contributed by atoms with van der Waals surface area (Å²) in [4.78, 5) is 11.9. The van der Waals surface area contributed by atoms with Crippen LogP contribution in [0.25, 0.3) is 10.8 Å². The van der Waals surface area contributed by atoms with Crippen LogP contribution in [0, 0.1) is 6.92 Å².